The van der Waals surface area contributed by atoms with E-state index in [-0.39, 0.29) is 23.5 Å². The summed E-state index contributed by atoms with van der Waals surface area (Å²) in [5.74, 6) is -1.97. The van der Waals surface area contributed by atoms with Crippen molar-refractivity contribution < 1.29 is 21.9 Å². The topological polar surface area (TPSA) is 77.4 Å². The van der Waals surface area contributed by atoms with E-state index in [1.54, 1.807) is 13.0 Å². The van der Waals surface area contributed by atoms with Crippen LogP contribution in [0.25, 0.3) is 0 Å². The number of sulfonamides is 1. The lowest BCUT2D eigenvalue weighted by Crippen LogP contribution is -2.31. The Morgan fingerprint density at radius 2 is 1.88 bits per heavy atom. The van der Waals surface area contributed by atoms with E-state index < -0.39 is 21.7 Å². The third-order valence-corrected chi connectivity index (χ3v) is 4.83. The van der Waals surface area contributed by atoms with Crippen molar-refractivity contribution in [3.63, 3.8) is 0 Å². The van der Waals surface area contributed by atoms with E-state index in [2.05, 4.69) is 4.72 Å². The molecule has 0 bridgehead atoms. The lowest BCUT2D eigenvalue weighted by atomic mass is 10.3. The highest BCUT2D eigenvalue weighted by atomic mass is 32.2. The molecule has 1 aromatic carbocycles. The van der Waals surface area contributed by atoms with Crippen LogP contribution in [-0.2, 0) is 16.6 Å². The fraction of sp³-hybridized carbons (Fsp3) is 0.267. The highest BCUT2D eigenvalue weighted by molar-refractivity contribution is 7.89. The predicted molar refractivity (Wildman–Crippen MR) is 83.5 cm³/mol. The summed E-state index contributed by atoms with van der Waals surface area (Å²) >= 11 is 0. The number of nitrogens with one attached hydrogen (secondary N) is 1. The molecular weight excluding hydrogens is 342 g/mol. The van der Waals surface area contributed by atoms with Crippen LogP contribution in [-0.4, -0.2) is 26.6 Å². The zero-order valence-corrected chi connectivity index (χ0v) is 13.9. The van der Waals surface area contributed by atoms with Crippen LogP contribution in [0.2, 0.25) is 0 Å². The third kappa shape index (κ3) is 3.98. The van der Waals surface area contributed by atoms with Crippen molar-refractivity contribution in [2.45, 2.75) is 18.4 Å². The SMILES string of the molecule is COc1cc(C)n(CCNS(=O)(=O)c2ccc(F)c(F)c2)c(=O)c1. The van der Waals surface area contributed by atoms with E-state index in [0.717, 1.165) is 12.1 Å². The Hall–Kier alpha value is -2.26. The third-order valence-electron chi connectivity index (χ3n) is 3.37. The molecule has 0 aliphatic heterocycles. The molecule has 9 heteroatoms. The number of methoxy groups -OCH3 is 1. The van der Waals surface area contributed by atoms with Crippen LogP contribution in [0.4, 0.5) is 8.78 Å². The number of pyridine rings is 1. The van der Waals surface area contributed by atoms with Crippen LogP contribution < -0.4 is 15.0 Å². The summed E-state index contributed by atoms with van der Waals surface area (Å²) in [4.78, 5) is 11.6. The Morgan fingerprint density at radius 3 is 2.46 bits per heavy atom. The minimum absolute atomic E-state index is 0.0809. The minimum Gasteiger partial charge on any atom is -0.496 e. The Bertz CT molecular complexity index is 910. The van der Waals surface area contributed by atoms with Gasteiger partial charge < -0.3 is 9.30 Å². The standard InChI is InChI=1S/C15H16F2N2O4S/c1-10-7-11(23-2)8-15(20)19(10)6-5-18-24(21,22)12-3-4-13(16)14(17)9-12/h3-4,7-9,18H,5-6H2,1-2H3. The predicted octanol–water partition coefficient (Wildman–Crippen LogP) is 1.42. The molecule has 0 amide bonds. The maximum atomic E-state index is 13.1. The number of rotatable bonds is 6. The summed E-state index contributed by atoms with van der Waals surface area (Å²) in [6.45, 7) is 1.68. The molecule has 1 heterocycles. The Balaban J connectivity index is 2.11. The summed E-state index contributed by atoms with van der Waals surface area (Å²) < 4.78 is 58.7. The molecule has 0 fully saturated rings. The highest BCUT2D eigenvalue weighted by Crippen LogP contribution is 2.13. The van der Waals surface area contributed by atoms with Crippen molar-refractivity contribution in [1.29, 1.82) is 0 Å². The normalized spacial score (nSPS) is 11.5. The first-order valence-corrected chi connectivity index (χ1v) is 8.43. The number of halogens is 2. The van der Waals surface area contributed by atoms with Gasteiger partial charge in [0.1, 0.15) is 5.75 Å². The van der Waals surface area contributed by atoms with Crippen LogP contribution in [0.15, 0.2) is 40.0 Å². The van der Waals surface area contributed by atoms with Crippen molar-refractivity contribution in [2.75, 3.05) is 13.7 Å². The van der Waals surface area contributed by atoms with Crippen molar-refractivity contribution >= 4 is 10.0 Å². The van der Waals surface area contributed by atoms with Gasteiger partial charge in [0, 0.05) is 24.8 Å². The molecule has 0 spiro atoms. The lowest BCUT2D eigenvalue weighted by Gasteiger charge is -2.12. The maximum absolute atomic E-state index is 13.1. The minimum atomic E-state index is -4.00. The van der Waals surface area contributed by atoms with Gasteiger partial charge in [0.25, 0.3) is 5.56 Å². The summed E-state index contributed by atoms with van der Waals surface area (Å²) in [6.07, 6.45) is 0. The van der Waals surface area contributed by atoms with Crippen LogP contribution in [0, 0.1) is 18.6 Å². The zero-order valence-electron chi connectivity index (χ0n) is 13.0. The molecule has 2 rings (SSSR count). The number of hydrogen-bond acceptors (Lipinski definition) is 4. The average Bonchev–Trinajstić information content (AvgIpc) is 2.52. The number of hydrogen-bond donors (Lipinski definition) is 1. The first-order chi connectivity index (χ1) is 11.2. The van der Waals surface area contributed by atoms with E-state index in [1.165, 1.54) is 17.7 Å². The van der Waals surface area contributed by atoms with Crippen LogP contribution in [0.1, 0.15) is 5.69 Å². The second-order valence-corrected chi connectivity index (χ2v) is 6.77. The first kappa shape index (κ1) is 18.1. The molecule has 24 heavy (non-hydrogen) atoms. The van der Waals surface area contributed by atoms with E-state index in [9.17, 15) is 22.0 Å². The van der Waals surface area contributed by atoms with Gasteiger partial charge in [-0.3, -0.25) is 4.79 Å². The smallest absolute Gasteiger partial charge is 0.254 e. The molecule has 6 nitrogen and oxygen atoms in total. The quantitative estimate of drug-likeness (QED) is 0.847. The molecule has 0 saturated heterocycles. The van der Waals surface area contributed by atoms with Gasteiger partial charge >= 0.3 is 0 Å². The van der Waals surface area contributed by atoms with Crippen molar-refractivity contribution in [3.05, 3.63) is 58.0 Å². The molecule has 2 aromatic rings. The van der Waals surface area contributed by atoms with E-state index in [1.807, 2.05) is 0 Å². The van der Waals surface area contributed by atoms with E-state index in [0.29, 0.717) is 17.5 Å². The molecule has 0 saturated carbocycles. The number of benzene rings is 1. The van der Waals surface area contributed by atoms with Gasteiger partial charge in [-0.15, -0.1) is 0 Å². The van der Waals surface area contributed by atoms with Gasteiger partial charge in [0.15, 0.2) is 11.6 Å². The van der Waals surface area contributed by atoms with E-state index in [4.69, 9.17) is 4.74 Å². The van der Waals surface area contributed by atoms with Gasteiger partial charge in [0.05, 0.1) is 12.0 Å². The second-order valence-electron chi connectivity index (χ2n) is 5.00. The monoisotopic (exact) mass is 358 g/mol. The zero-order chi connectivity index (χ0) is 17.9. The summed E-state index contributed by atoms with van der Waals surface area (Å²) in [5, 5.41) is 0. The molecule has 0 unspecified atom stereocenters. The molecule has 0 aliphatic rings. The largest absolute Gasteiger partial charge is 0.496 e. The number of nitrogens with zero attached hydrogens (tertiary/aromatic N) is 1. The molecule has 130 valence electrons. The van der Waals surface area contributed by atoms with Crippen molar-refractivity contribution in [2.24, 2.45) is 0 Å². The van der Waals surface area contributed by atoms with Gasteiger partial charge in [0.2, 0.25) is 10.0 Å². The van der Waals surface area contributed by atoms with Crippen LogP contribution >= 0.6 is 0 Å². The van der Waals surface area contributed by atoms with Crippen LogP contribution in [0.3, 0.4) is 0 Å². The second kappa shape index (κ2) is 7.10. The summed E-state index contributed by atoms with van der Waals surface area (Å²) in [7, 11) is -2.57. The lowest BCUT2D eigenvalue weighted by molar-refractivity contribution is 0.411. The molecule has 1 aromatic heterocycles. The number of aromatic nitrogens is 1. The molecule has 1 N–H and O–H groups in total. The Morgan fingerprint density at radius 1 is 1.17 bits per heavy atom. The average molecular weight is 358 g/mol. The molecular formula is C15H16F2N2O4S. The number of aryl methyl sites for hydroxylation is 1. The van der Waals surface area contributed by atoms with Gasteiger partial charge in [-0.2, -0.15) is 0 Å². The number of ether oxygens (including phenoxy) is 1. The van der Waals surface area contributed by atoms with Crippen LogP contribution in [0.5, 0.6) is 5.75 Å². The molecule has 0 atom stereocenters. The summed E-state index contributed by atoms with van der Waals surface area (Å²) in [6, 6.07) is 5.23. The van der Waals surface area contributed by atoms with Gasteiger partial charge in [-0.1, -0.05) is 0 Å². The van der Waals surface area contributed by atoms with Crippen molar-refractivity contribution in [3.8, 4) is 5.75 Å². The molecule has 0 radical (unpaired) electrons. The fourth-order valence-corrected chi connectivity index (χ4v) is 3.15. The first-order valence-electron chi connectivity index (χ1n) is 6.95. The van der Waals surface area contributed by atoms with Gasteiger partial charge in [-0.05, 0) is 31.2 Å². The Kier molecular flexibility index (Phi) is 5.35. The van der Waals surface area contributed by atoms with E-state index >= 15 is 0 Å². The molecule has 0 aliphatic carbocycles. The highest BCUT2D eigenvalue weighted by Gasteiger charge is 2.16. The maximum Gasteiger partial charge on any atom is 0.254 e. The van der Waals surface area contributed by atoms with Crippen molar-refractivity contribution in [1.82, 2.24) is 9.29 Å². The Labute approximate surface area is 137 Å². The fourth-order valence-electron chi connectivity index (χ4n) is 2.12. The summed E-state index contributed by atoms with van der Waals surface area (Å²) in [5.41, 5.74) is 0.269. The van der Waals surface area contributed by atoms with Gasteiger partial charge in [-0.25, -0.2) is 21.9 Å².